The number of anilines is 1. The molecule has 0 atom stereocenters. The largest absolute Gasteiger partial charge is 0.497 e. The number of methoxy groups -OCH3 is 3. The van der Waals surface area contributed by atoms with Crippen molar-refractivity contribution in [1.29, 1.82) is 0 Å². The van der Waals surface area contributed by atoms with Crippen molar-refractivity contribution in [3.05, 3.63) is 66.4 Å². The fraction of sp³-hybridized carbons (Fsp3) is 0.200. The van der Waals surface area contributed by atoms with Gasteiger partial charge in [0.15, 0.2) is 0 Å². The number of amides is 1. The van der Waals surface area contributed by atoms with Crippen molar-refractivity contribution >= 4 is 22.6 Å². The van der Waals surface area contributed by atoms with Gasteiger partial charge >= 0.3 is 0 Å². The highest BCUT2D eigenvalue weighted by Crippen LogP contribution is 2.28. The minimum atomic E-state index is -0.287. The molecule has 4 aromatic rings. The Labute approximate surface area is 191 Å². The number of nitrogens with zero attached hydrogens (tertiary/aromatic N) is 1. The number of ether oxygens (including phenoxy) is 4. The van der Waals surface area contributed by atoms with E-state index in [1.54, 1.807) is 45.7 Å². The standard InChI is InChI=1S/C25H25N3O5/c1-30-7-8-33-20-6-4-5-16(10-20)23-13-17-9-19(15-26-24(17)28-23)27-25(29)18-11-21(31-2)14-22(12-18)32-3/h4-6,9-15H,7-8H2,1-3H3,(H,26,28)(H,27,29). The van der Waals surface area contributed by atoms with Crippen LogP contribution in [0.4, 0.5) is 5.69 Å². The first-order valence-corrected chi connectivity index (χ1v) is 10.3. The van der Waals surface area contributed by atoms with Crippen LogP contribution in [-0.2, 0) is 4.74 Å². The molecule has 0 bridgehead atoms. The Morgan fingerprint density at radius 1 is 0.939 bits per heavy atom. The Hall–Kier alpha value is -4.04. The van der Waals surface area contributed by atoms with E-state index in [2.05, 4.69) is 15.3 Å². The average Bonchev–Trinajstić information content (AvgIpc) is 3.27. The summed E-state index contributed by atoms with van der Waals surface area (Å²) in [6, 6.07) is 16.7. The fourth-order valence-electron chi connectivity index (χ4n) is 3.38. The van der Waals surface area contributed by atoms with Gasteiger partial charge in [0.1, 0.15) is 29.5 Å². The summed E-state index contributed by atoms with van der Waals surface area (Å²) in [6.07, 6.45) is 1.61. The van der Waals surface area contributed by atoms with E-state index in [9.17, 15) is 4.79 Å². The third-order valence-corrected chi connectivity index (χ3v) is 5.04. The van der Waals surface area contributed by atoms with Crippen LogP contribution < -0.4 is 19.5 Å². The number of nitrogens with one attached hydrogen (secondary N) is 2. The number of hydrogen-bond acceptors (Lipinski definition) is 6. The van der Waals surface area contributed by atoms with Gasteiger partial charge in [0, 0.05) is 35.4 Å². The first-order chi connectivity index (χ1) is 16.1. The molecule has 2 aromatic carbocycles. The number of pyridine rings is 1. The van der Waals surface area contributed by atoms with Crippen molar-refractivity contribution in [2.24, 2.45) is 0 Å². The van der Waals surface area contributed by atoms with E-state index in [-0.39, 0.29) is 5.91 Å². The summed E-state index contributed by atoms with van der Waals surface area (Å²) >= 11 is 0. The van der Waals surface area contributed by atoms with E-state index in [1.165, 1.54) is 0 Å². The zero-order valence-electron chi connectivity index (χ0n) is 18.7. The molecule has 8 nitrogen and oxygen atoms in total. The van der Waals surface area contributed by atoms with Crippen LogP contribution in [0.15, 0.2) is 60.8 Å². The second kappa shape index (κ2) is 10.1. The summed E-state index contributed by atoms with van der Waals surface area (Å²) in [5.74, 6) is 1.55. The first-order valence-electron chi connectivity index (χ1n) is 10.3. The number of fused-ring (bicyclic) bond motifs is 1. The van der Waals surface area contributed by atoms with Crippen molar-refractivity contribution in [3.63, 3.8) is 0 Å². The summed E-state index contributed by atoms with van der Waals surface area (Å²) in [7, 11) is 4.72. The van der Waals surface area contributed by atoms with Crippen LogP contribution in [-0.4, -0.2) is 50.4 Å². The van der Waals surface area contributed by atoms with E-state index >= 15 is 0 Å². The molecule has 0 unspecified atom stereocenters. The average molecular weight is 447 g/mol. The highest BCUT2D eigenvalue weighted by atomic mass is 16.5. The second-order valence-corrected chi connectivity index (χ2v) is 7.27. The van der Waals surface area contributed by atoms with Crippen LogP contribution in [0.1, 0.15) is 10.4 Å². The third-order valence-electron chi connectivity index (χ3n) is 5.04. The number of benzene rings is 2. The van der Waals surface area contributed by atoms with Gasteiger partial charge in [0.05, 0.1) is 32.7 Å². The van der Waals surface area contributed by atoms with E-state index in [1.807, 2.05) is 36.4 Å². The maximum absolute atomic E-state index is 12.8. The highest BCUT2D eigenvalue weighted by Gasteiger charge is 2.12. The Balaban J connectivity index is 1.54. The Morgan fingerprint density at radius 2 is 1.73 bits per heavy atom. The molecule has 0 spiro atoms. The third kappa shape index (κ3) is 5.24. The Bertz CT molecular complexity index is 1250. The zero-order valence-corrected chi connectivity index (χ0v) is 18.7. The molecule has 33 heavy (non-hydrogen) atoms. The molecular formula is C25H25N3O5. The number of carbonyl (C=O) groups excluding carboxylic acids is 1. The van der Waals surface area contributed by atoms with E-state index in [0.29, 0.717) is 36.0 Å². The van der Waals surface area contributed by atoms with Crippen LogP contribution in [0.3, 0.4) is 0 Å². The number of H-pyrrole nitrogens is 1. The van der Waals surface area contributed by atoms with Gasteiger partial charge in [-0.05, 0) is 36.4 Å². The zero-order chi connectivity index (χ0) is 23.2. The predicted molar refractivity (Wildman–Crippen MR) is 126 cm³/mol. The summed E-state index contributed by atoms with van der Waals surface area (Å²) in [4.78, 5) is 20.5. The van der Waals surface area contributed by atoms with Gasteiger partial charge < -0.3 is 29.2 Å². The van der Waals surface area contributed by atoms with Crippen LogP contribution in [0, 0.1) is 0 Å². The number of hydrogen-bond donors (Lipinski definition) is 2. The molecule has 0 aliphatic carbocycles. The van der Waals surface area contributed by atoms with Crippen molar-refractivity contribution in [2.45, 2.75) is 0 Å². The molecule has 8 heteroatoms. The molecule has 0 saturated carbocycles. The lowest BCUT2D eigenvalue weighted by Gasteiger charge is -2.09. The quantitative estimate of drug-likeness (QED) is 0.366. The van der Waals surface area contributed by atoms with Gasteiger partial charge in [-0.25, -0.2) is 4.98 Å². The SMILES string of the molecule is COCCOc1cccc(-c2cc3cc(NC(=O)c4cc(OC)cc(OC)c4)cnc3[nH]2)c1. The lowest BCUT2D eigenvalue weighted by Crippen LogP contribution is -2.12. The molecule has 2 N–H and O–H groups in total. The minimum Gasteiger partial charge on any atom is -0.497 e. The number of aromatic amines is 1. The lowest BCUT2D eigenvalue weighted by atomic mass is 10.1. The summed E-state index contributed by atoms with van der Waals surface area (Å²) in [5, 5.41) is 3.75. The molecule has 0 aliphatic rings. The smallest absolute Gasteiger partial charge is 0.255 e. The molecule has 0 saturated heterocycles. The molecule has 0 radical (unpaired) electrons. The molecule has 0 fully saturated rings. The van der Waals surface area contributed by atoms with Crippen molar-refractivity contribution < 1.29 is 23.7 Å². The topological polar surface area (TPSA) is 94.7 Å². The van der Waals surface area contributed by atoms with Crippen LogP contribution in [0.25, 0.3) is 22.3 Å². The molecule has 1 amide bonds. The van der Waals surface area contributed by atoms with E-state index in [0.717, 1.165) is 28.0 Å². The van der Waals surface area contributed by atoms with Gasteiger partial charge in [-0.3, -0.25) is 4.79 Å². The van der Waals surface area contributed by atoms with Crippen LogP contribution >= 0.6 is 0 Å². The lowest BCUT2D eigenvalue weighted by molar-refractivity contribution is 0.102. The number of carbonyl (C=O) groups is 1. The fourth-order valence-corrected chi connectivity index (χ4v) is 3.38. The maximum Gasteiger partial charge on any atom is 0.255 e. The Morgan fingerprint density at radius 3 is 2.45 bits per heavy atom. The summed E-state index contributed by atoms with van der Waals surface area (Å²) in [6.45, 7) is 1.01. The van der Waals surface area contributed by atoms with E-state index in [4.69, 9.17) is 18.9 Å². The van der Waals surface area contributed by atoms with Crippen LogP contribution in [0.2, 0.25) is 0 Å². The first kappa shape index (κ1) is 22.2. The Kier molecular flexibility index (Phi) is 6.75. The summed E-state index contributed by atoms with van der Waals surface area (Å²) < 4.78 is 21.2. The number of aromatic nitrogens is 2. The van der Waals surface area contributed by atoms with Gasteiger partial charge in [-0.2, -0.15) is 0 Å². The molecular weight excluding hydrogens is 422 g/mol. The molecule has 4 rings (SSSR count). The van der Waals surface area contributed by atoms with Crippen LogP contribution in [0.5, 0.6) is 17.2 Å². The molecule has 170 valence electrons. The van der Waals surface area contributed by atoms with Gasteiger partial charge in [0.25, 0.3) is 5.91 Å². The predicted octanol–water partition coefficient (Wildman–Crippen LogP) is 4.52. The molecule has 2 heterocycles. The minimum absolute atomic E-state index is 0.287. The highest BCUT2D eigenvalue weighted by molar-refractivity contribution is 6.05. The second-order valence-electron chi connectivity index (χ2n) is 7.27. The van der Waals surface area contributed by atoms with Gasteiger partial charge in [-0.1, -0.05) is 12.1 Å². The van der Waals surface area contributed by atoms with Gasteiger partial charge in [0.2, 0.25) is 0 Å². The normalized spacial score (nSPS) is 10.8. The molecule has 0 aliphatic heterocycles. The van der Waals surface area contributed by atoms with Crippen molar-refractivity contribution in [3.8, 4) is 28.5 Å². The molecule has 2 aromatic heterocycles. The monoisotopic (exact) mass is 447 g/mol. The van der Waals surface area contributed by atoms with E-state index < -0.39 is 0 Å². The number of rotatable bonds is 9. The summed E-state index contributed by atoms with van der Waals surface area (Å²) in [5.41, 5.74) is 3.59. The van der Waals surface area contributed by atoms with Gasteiger partial charge in [-0.15, -0.1) is 0 Å². The van der Waals surface area contributed by atoms with Crippen molar-refractivity contribution in [1.82, 2.24) is 9.97 Å². The van der Waals surface area contributed by atoms with Crippen molar-refractivity contribution in [2.75, 3.05) is 39.9 Å². The maximum atomic E-state index is 12.8.